The first kappa shape index (κ1) is 19.8. The Kier molecular flexibility index (Phi) is 5.36. The van der Waals surface area contributed by atoms with Gasteiger partial charge in [-0.3, -0.25) is 14.5 Å². The first-order chi connectivity index (χ1) is 13.3. The van der Waals surface area contributed by atoms with Crippen LogP contribution in [0.2, 0.25) is 0 Å². The minimum atomic E-state index is -1.16. The molecule has 3 rings (SSSR count). The second kappa shape index (κ2) is 7.58. The Morgan fingerprint density at radius 2 is 1.71 bits per heavy atom. The monoisotopic (exact) mass is 378 g/mol. The van der Waals surface area contributed by atoms with Gasteiger partial charge < -0.3 is 5.32 Å². The largest absolute Gasteiger partial charge is 0.325 e. The van der Waals surface area contributed by atoms with Gasteiger partial charge in [-0.05, 0) is 49.4 Å². The number of rotatable bonds is 6. The number of ketones is 1. The normalized spacial score (nSPS) is 19.1. The number of Topliss-reactive ketones (excluding diaryl/α,β-unsaturated/α-hetero) is 1. The lowest BCUT2D eigenvalue weighted by Gasteiger charge is -2.22. The average molecular weight is 378 g/mol. The van der Waals surface area contributed by atoms with Crippen molar-refractivity contribution in [3.63, 3.8) is 0 Å². The summed E-state index contributed by atoms with van der Waals surface area (Å²) >= 11 is 0. The van der Waals surface area contributed by atoms with Crippen LogP contribution in [0.1, 0.15) is 53.4 Å². The van der Waals surface area contributed by atoms with Crippen molar-refractivity contribution in [2.45, 2.75) is 46.1 Å². The minimum absolute atomic E-state index is 0.219. The van der Waals surface area contributed by atoms with Crippen LogP contribution in [0.5, 0.6) is 0 Å². The molecule has 1 atom stereocenters. The van der Waals surface area contributed by atoms with Gasteiger partial charge >= 0.3 is 6.03 Å². The molecule has 5 heteroatoms. The van der Waals surface area contributed by atoms with Crippen molar-refractivity contribution in [1.29, 1.82) is 0 Å². The number of hydrogen-bond donors (Lipinski definition) is 1. The molecule has 28 heavy (non-hydrogen) atoms. The first-order valence-electron chi connectivity index (χ1n) is 9.66. The van der Waals surface area contributed by atoms with Crippen LogP contribution in [0, 0.1) is 6.92 Å². The zero-order valence-electron chi connectivity index (χ0n) is 16.8. The number of hydrogen-bond acceptors (Lipinski definition) is 3. The fourth-order valence-electron chi connectivity index (χ4n) is 3.56. The van der Waals surface area contributed by atoms with Crippen molar-refractivity contribution in [2.75, 3.05) is 6.54 Å². The number of nitrogens with one attached hydrogen (secondary N) is 1. The third-order valence-electron chi connectivity index (χ3n) is 5.47. The van der Waals surface area contributed by atoms with Crippen LogP contribution >= 0.6 is 0 Å². The standard InChI is InChI=1S/C23H26N2O3/c1-5-16-9-10-17(6-2)19(13-16)20(26)14-25-21(27)23(4,24-22(25)28)18-11-7-15(3)8-12-18/h7-13H,5-6,14H2,1-4H3,(H,24,28)/t23-/m1/s1. The molecule has 0 unspecified atom stereocenters. The molecule has 0 aliphatic carbocycles. The predicted octanol–water partition coefficient (Wildman–Crippen LogP) is 3.77. The summed E-state index contributed by atoms with van der Waals surface area (Å²) in [5.74, 6) is -0.622. The van der Waals surface area contributed by atoms with Crippen LogP contribution in [-0.4, -0.2) is 29.2 Å². The minimum Gasteiger partial charge on any atom is -0.319 e. The molecule has 0 saturated carbocycles. The van der Waals surface area contributed by atoms with Gasteiger partial charge in [0.2, 0.25) is 0 Å². The molecule has 146 valence electrons. The van der Waals surface area contributed by atoms with Crippen molar-refractivity contribution < 1.29 is 14.4 Å². The maximum absolute atomic E-state index is 13.1. The summed E-state index contributed by atoms with van der Waals surface area (Å²) in [6.07, 6.45) is 1.53. The van der Waals surface area contributed by atoms with Gasteiger partial charge in [-0.25, -0.2) is 4.79 Å². The molecule has 0 spiro atoms. The van der Waals surface area contributed by atoms with Gasteiger partial charge in [0.05, 0.1) is 6.54 Å². The number of imide groups is 1. The molecular formula is C23H26N2O3. The van der Waals surface area contributed by atoms with Crippen LogP contribution in [-0.2, 0) is 23.2 Å². The van der Waals surface area contributed by atoms with Crippen molar-refractivity contribution in [1.82, 2.24) is 10.2 Å². The van der Waals surface area contributed by atoms with E-state index in [2.05, 4.69) is 5.32 Å². The highest BCUT2D eigenvalue weighted by Gasteiger charge is 2.49. The molecule has 1 heterocycles. The van der Waals surface area contributed by atoms with Crippen LogP contribution in [0.3, 0.4) is 0 Å². The van der Waals surface area contributed by atoms with Crippen molar-refractivity contribution in [2.24, 2.45) is 0 Å². The molecule has 3 amide bonds. The number of carbonyl (C=O) groups is 3. The molecule has 1 fully saturated rings. The van der Waals surface area contributed by atoms with Gasteiger partial charge in [-0.2, -0.15) is 0 Å². The Bertz CT molecular complexity index is 933. The maximum Gasteiger partial charge on any atom is 0.325 e. The Hall–Kier alpha value is -2.95. The Morgan fingerprint density at radius 3 is 2.32 bits per heavy atom. The van der Waals surface area contributed by atoms with E-state index in [0.29, 0.717) is 17.5 Å². The lowest BCUT2D eigenvalue weighted by Crippen LogP contribution is -2.41. The zero-order valence-corrected chi connectivity index (χ0v) is 16.8. The van der Waals surface area contributed by atoms with Gasteiger partial charge in [0, 0.05) is 5.56 Å². The topological polar surface area (TPSA) is 66.5 Å². The highest BCUT2D eigenvalue weighted by molar-refractivity contribution is 6.11. The summed E-state index contributed by atoms with van der Waals surface area (Å²) < 4.78 is 0. The molecule has 1 aliphatic rings. The van der Waals surface area contributed by atoms with Crippen LogP contribution in [0.25, 0.3) is 0 Å². The van der Waals surface area contributed by atoms with Crippen molar-refractivity contribution in [3.8, 4) is 0 Å². The Labute approximate surface area is 165 Å². The van der Waals surface area contributed by atoms with Gasteiger partial charge in [-0.1, -0.05) is 55.8 Å². The highest BCUT2D eigenvalue weighted by Crippen LogP contribution is 2.29. The van der Waals surface area contributed by atoms with Crippen molar-refractivity contribution >= 4 is 17.7 Å². The summed E-state index contributed by atoms with van der Waals surface area (Å²) in [6, 6.07) is 12.8. The molecule has 0 aromatic heterocycles. The van der Waals surface area contributed by atoms with Crippen LogP contribution in [0.15, 0.2) is 42.5 Å². The number of nitrogens with zero attached hydrogens (tertiary/aromatic N) is 1. The summed E-state index contributed by atoms with van der Waals surface area (Å²) in [7, 11) is 0. The fourth-order valence-corrected chi connectivity index (χ4v) is 3.56. The Morgan fingerprint density at radius 1 is 1.04 bits per heavy atom. The molecule has 5 nitrogen and oxygen atoms in total. The number of amides is 3. The van der Waals surface area contributed by atoms with Gasteiger partial charge in [-0.15, -0.1) is 0 Å². The number of carbonyl (C=O) groups excluding carboxylic acids is 3. The highest BCUT2D eigenvalue weighted by atomic mass is 16.2. The zero-order chi connectivity index (χ0) is 20.5. The lowest BCUT2D eigenvalue weighted by atomic mass is 9.91. The van der Waals surface area contributed by atoms with Gasteiger partial charge in [0.1, 0.15) is 5.54 Å². The van der Waals surface area contributed by atoms with E-state index in [-0.39, 0.29) is 12.3 Å². The fraction of sp³-hybridized carbons (Fsp3) is 0.348. The smallest absolute Gasteiger partial charge is 0.319 e. The lowest BCUT2D eigenvalue weighted by molar-refractivity contribution is -0.130. The average Bonchev–Trinajstić information content (AvgIpc) is 2.91. The quantitative estimate of drug-likeness (QED) is 0.615. The van der Waals surface area contributed by atoms with E-state index < -0.39 is 17.5 Å². The van der Waals surface area contributed by atoms with E-state index in [0.717, 1.165) is 28.0 Å². The Balaban J connectivity index is 1.87. The summed E-state index contributed by atoms with van der Waals surface area (Å²) in [6.45, 7) is 7.39. The SMILES string of the molecule is CCc1ccc(CC)c(C(=O)CN2C(=O)N[C@](C)(c3ccc(C)cc3)C2=O)c1. The first-order valence-corrected chi connectivity index (χ1v) is 9.66. The second-order valence-electron chi connectivity index (χ2n) is 7.43. The molecular weight excluding hydrogens is 352 g/mol. The maximum atomic E-state index is 13.1. The van der Waals surface area contributed by atoms with E-state index in [1.54, 1.807) is 6.92 Å². The third kappa shape index (κ3) is 3.44. The summed E-state index contributed by atoms with van der Waals surface area (Å²) in [5.41, 5.74) is 3.18. The molecule has 0 bridgehead atoms. The van der Waals surface area contributed by atoms with Crippen LogP contribution < -0.4 is 5.32 Å². The van der Waals surface area contributed by atoms with Crippen molar-refractivity contribution in [3.05, 3.63) is 70.3 Å². The van der Waals surface area contributed by atoms with Gasteiger partial charge in [0.25, 0.3) is 5.91 Å². The van der Waals surface area contributed by atoms with E-state index in [1.165, 1.54) is 0 Å². The van der Waals surface area contributed by atoms with E-state index in [9.17, 15) is 14.4 Å². The molecule has 2 aromatic rings. The van der Waals surface area contributed by atoms with E-state index >= 15 is 0 Å². The second-order valence-corrected chi connectivity index (χ2v) is 7.43. The summed E-state index contributed by atoms with van der Waals surface area (Å²) in [5, 5.41) is 2.76. The van der Waals surface area contributed by atoms with E-state index in [1.807, 2.05) is 63.2 Å². The van der Waals surface area contributed by atoms with E-state index in [4.69, 9.17) is 0 Å². The molecule has 1 saturated heterocycles. The molecule has 0 radical (unpaired) electrons. The molecule has 2 aromatic carbocycles. The van der Waals surface area contributed by atoms with Crippen LogP contribution in [0.4, 0.5) is 4.79 Å². The number of aryl methyl sites for hydroxylation is 3. The third-order valence-corrected chi connectivity index (χ3v) is 5.47. The molecule has 1 aliphatic heterocycles. The van der Waals surface area contributed by atoms with Gasteiger partial charge in [0.15, 0.2) is 5.78 Å². The number of urea groups is 1. The molecule has 1 N–H and O–H groups in total. The predicted molar refractivity (Wildman–Crippen MR) is 108 cm³/mol. The summed E-state index contributed by atoms with van der Waals surface area (Å²) in [4.78, 5) is 39.6. The number of benzene rings is 2.